The molecule has 2 aromatic carbocycles. The zero-order chi connectivity index (χ0) is 18.1. The van der Waals surface area contributed by atoms with Crippen molar-refractivity contribution in [3.05, 3.63) is 58.1 Å². The normalized spacial score (nSPS) is 23.1. The molecule has 0 N–H and O–H groups in total. The van der Waals surface area contributed by atoms with E-state index in [1.165, 1.54) is 29.8 Å². The minimum absolute atomic E-state index is 0.782. The molecule has 1 saturated carbocycles. The number of benzene rings is 2. The Morgan fingerprint density at radius 2 is 1.77 bits per heavy atom. The summed E-state index contributed by atoms with van der Waals surface area (Å²) in [7, 11) is 1.72. The lowest BCUT2D eigenvalue weighted by atomic mass is 10.1. The summed E-state index contributed by atoms with van der Waals surface area (Å²) >= 11 is 3.54. The van der Waals surface area contributed by atoms with Gasteiger partial charge >= 0.3 is 0 Å². The fourth-order valence-corrected chi connectivity index (χ4v) is 4.45. The molecule has 1 aliphatic heterocycles. The van der Waals surface area contributed by atoms with Gasteiger partial charge in [-0.3, -0.25) is 4.90 Å². The summed E-state index contributed by atoms with van der Waals surface area (Å²) in [6.45, 7) is 7.88. The Labute approximate surface area is 165 Å². The van der Waals surface area contributed by atoms with E-state index >= 15 is 0 Å². The predicted molar refractivity (Wildman–Crippen MR) is 111 cm³/mol. The van der Waals surface area contributed by atoms with Crippen molar-refractivity contribution in [1.29, 1.82) is 0 Å². The van der Waals surface area contributed by atoms with E-state index in [0.717, 1.165) is 48.2 Å². The molecule has 0 spiro atoms. The Bertz CT molecular complexity index is 753. The highest BCUT2D eigenvalue weighted by atomic mass is 79.9. The maximum Gasteiger partial charge on any atom is 0.135 e. The molecule has 2 atom stereocenters. The molecule has 0 unspecified atom stereocenters. The van der Waals surface area contributed by atoms with Crippen LogP contribution in [0.2, 0.25) is 0 Å². The zero-order valence-electron chi connectivity index (χ0n) is 15.6. The van der Waals surface area contributed by atoms with Crippen LogP contribution in [0.1, 0.15) is 23.5 Å². The first-order chi connectivity index (χ1) is 12.6. The number of rotatable bonds is 5. The lowest BCUT2D eigenvalue weighted by molar-refractivity contribution is 0.246. The number of aryl methyl sites for hydroxylation is 1. The van der Waals surface area contributed by atoms with Crippen molar-refractivity contribution in [2.45, 2.75) is 19.3 Å². The predicted octanol–water partition coefficient (Wildman–Crippen LogP) is 4.69. The van der Waals surface area contributed by atoms with Gasteiger partial charge < -0.3 is 9.64 Å². The van der Waals surface area contributed by atoms with Crippen LogP contribution in [0.3, 0.4) is 0 Å². The molecule has 0 radical (unpaired) electrons. The molecule has 2 aromatic rings. The first kappa shape index (κ1) is 17.9. The SMILES string of the molecule is COc1cc(N2CCN(C[C@@H]3C[C@H]3c3ccc(C)cc3)CC2)ccc1Br. The molecule has 0 amide bonds. The van der Waals surface area contributed by atoms with Crippen LogP contribution < -0.4 is 9.64 Å². The molecule has 1 heterocycles. The van der Waals surface area contributed by atoms with Crippen molar-refractivity contribution in [2.24, 2.45) is 5.92 Å². The second-order valence-corrected chi connectivity index (χ2v) is 8.47. The summed E-state index contributed by atoms with van der Waals surface area (Å²) in [5.74, 6) is 2.53. The van der Waals surface area contributed by atoms with Gasteiger partial charge in [-0.1, -0.05) is 29.8 Å². The summed E-state index contributed by atoms with van der Waals surface area (Å²) in [4.78, 5) is 5.11. The number of hydrogen-bond acceptors (Lipinski definition) is 3. The summed E-state index contributed by atoms with van der Waals surface area (Å²) in [6.07, 6.45) is 1.35. The van der Waals surface area contributed by atoms with E-state index in [9.17, 15) is 0 Å². The number of piperazine rings is 1. The van der Waals surface area contributed by atoms with Crippen molar-refractivity contribution in [3.8, 4) is 5.75 Å². The number of ether oxygens (including phenoxy) is 1. The maximum absolute atomic E-state index is 5.44. The Balaban J connectivity index is 1.29. The Kier molecular flexibility index (Phi) is 5.23. The highest BCUT2D eigenvalue weighted by Crippen LogP contribution is 2.47. The van der Waals surface area contributed by atoms with Gasteiger partial charge in [0.05, 0.1) is 11.6 Å². The van der Waals surface area contributed by atoms with E-state index in [1.807, 2.05) is 0 Å². The average molecular weight is 415 g/mol. The van der Waals surface area contributed by atoms with Gasteiger partial charge in [-0.2, -0.15) is 0 Å². The number of methoxy groups -OCH3 is 1. The second kappa shape index (κ2) is 7.61. The largest absolute Gasteiger partial charge is 0.495 e. The average Bonchev–Trinajstić information content (AvgIpc) is 3.42. The number of hydrogen-bond donors (Lipinski definition) is 0. The van der Waals surface area contributed by atoms with Crippen LogP contribution in [0.15, 0.2) is 46.9 Å². The zero-order valence-corrected chi connectivity index (χ0v) is 17.2. The van der Waals surface area contributed by atoms with Crippen molar-refractivity contribution in [2.75, 3.05) is 44.7 Å². The number of nitrogens with zero attached hydrogens (tertiary/aromatic N) is 2. The van der Waals surface area contributed by atoms with E-state index in [2.05, 4.69) is 75.1 Å². The molecule has 3 nitrogen and oxygen atoms in total. The molecule has 0 bridgehead atoms. The highest BCUT2D eigenvalue weighted by molar-refractivity contribution is 9.10. The van der Waals surface area contributed by atoms with Gasteiger partial charge in [0.2, 0.25) is 0 Å². The minimum atomic E-state index is 0.782. The van der Waals surface area contributed by atoms with Gasteiger partial charge in [0.1, 0.15) is 5.75 Å². The highest BCUT2D eigenvalue weighted by Gasteiger charge is 2.39. The first-order valence-corrected chi connectivity index (χ1v) is 10.3. The lowest BCUT2D eigenvalue weighted by Crippen LogP contribution is -2.47. The second-order valence-electron chi connectivity index (χ2n) is 7.62. The maximum atomic E-state index is 5.44. The van der Waals surface area contributed by atoms with Crippen LogP contribution in [0, 0.1) is 12.8 Å². The third-order valence-electron chi connectivity index (χ3n) is 5.79. The molecule has 4 heteroatoms. The topological polar surface area (TPSA) is 15.7 Å². The van der Waals surface area contributed by atoms with Crippen LogP contribution in [-0.4, -0.2) is 44.7 Å². The van der Waals surface area contributed by atoms with Gasteiger partial charge in [-0.15, -0.1) is 0 Å². The molecular weight excluding hydrogens is 388 g/mol. The van der Waals surface area contributed by atoms with Crippen molar-refractivity contribution in [3.63, 3.8) is 0 Å². The number of anilines is 1. The van der Waals surface area contributed by atoms with Crippen molar-refractivity contribution < 1.29 is 4.74 Å². The third kappa shape index (κ3) is 3.91. The monoisotopic (exact) mass is 414 g/mol. The molecular formula is C22H27BrN2O. The van der Waals surface area contributed by atoms with E-state index < -0.39 is 0 Å². The molecule has 4 rings (SSSR count). The van der Waals surface area contributed by atoms with Crippen LogP contribution in [0.25, 0.3) is 0 Å². The fraction of sp³-hybridized carbons (Fsp3) is 0.455. The van der Waals surface area contributed by atoms with Gasteiger partial charge in [0.15, 0.2) is 0 Å². The summed E-state index contributed by atoms with van der Waals surface area (Å²) in [6, 6.07) is 15.5. The minimum Gasteiger partial charge on any atom is -0.495 e. The molecule has 138 valence electrons. The smallest absolute Gasteiger partial charge is 0.135 e. The van der Waals surface area contributed by atoms with Crippen LogP contribution in [-0.2, 0) is 0 Å². The van der Waals surface area contributed by atoms with E-state index in [4.69, 9.17) is 4.74 Å². The number of halogens is 1. The lowest BCUT2D eigenvalue weighted by Gasteiger charge is -2.36. The van der Waals surface area contributed by atoms with E-state index in [-0.39, 0.29) is 0 Å². The Morgan fingerprint density at radius 1 is 1.04 bits per heavy atom. The molecule has 0 aromatic heterocycles. The Morgan fingerprint density at radius 3 is 2.46 bits per heavy atom. The van der Waals surface area contributed by atoms with Crippen molar-refractivity contribution in [1.82, 2.24) is 4.90 Å². The molecule has 2 fully saturated rings. The molecule has 2 aliphatic rings. The summed E-state index contributed by atoms with van der Waals surface area (Å²) in [5.41, 5.74) is 4.14. The Hall–Kier alpha value is -1.52. The van der Waals surface area contributed by atoms with Gasteiger partial charge in [-0.25, -0.2) is 0 Å². The molecule has 1 saturated heterocycles. The van der Waals surface area contributed by atoms with Crippen LogP contribution in [0.5, 0.6) is 5.75 Å². The van der Waals surface area contributed by atoms with Crippen LogP contribution >= 0.6 is 15.9 Å². The summed E-state index contributed by atoms with van der Waals surface area (Å²) < 4.78 is 6.45. The van der Waals surface area contributed by atoms with E-state index in [1.54, 1.807) is 7.11 Å². The quantitative estimate of drug-likeness (QED) is 0.705. The third-order valence-corrected chi connectivity index (χ3v) is 6.45. The van der Waals surface area contributed by atoms with Crippen LogP contribution in [0.4, 0.5) is 5.69 Å². The van der Waals surface area contributed by atoms with Gasteiger partial charge in [0.25, 0.3) is 0 Å². The van der Waals surface area contributed by atoms with E-state index in [0.29, 0.717) is 0 Å². The van der Waals surface area contributed by atoms with Gasteiger partial charge in [-0.05, 0) is 58.8 Å². The molecule has 1 aliphatic carbocycles. The first-order valence-electron chi connectivity index (χ1n) is 9.51. The standard InChI is InChI=1S/C22H27BrN2O/c1-16-3-5-17(6-4-16)20-13-18(20)15-24-9-11-25(12-10-24)19-7-8-21(23)22(14-19)26-2/h3-8,14,18,20H,9-13,15H2,1-2H3/t18-,20-/m0/s1. The summed E-state index contributed by atoms with van der Waals surface area (Å²) in [5, 5.41) is 0. The fourth-order valence-electron chi connectivity index (χ4n) is 4.04. The van der Waals surface area contributed by atoms with Gasteiger partial charge in [0, 0.05) is 44.5 Å². The molecule has 26 heavy (non-hydrogen) atoms. The van der Waals surface area contributed by atoms with Crippen molar-refractivity contribution >= 4 is 21.6 Å².